The fourth-order valence-electron chi connectivity index (χ4n) is 1.75. The van der Waals surface area contributed by atoms with E-state index in [9.17, 15) is 4.79 Å². The van der Waals surface area contributed by atoms with Crippen molar-refractivity contribution in [2.75, 3.05) is 0 Å². The number of hydrogen-bond acceptors (Lipinski definition) is 5. The van der Waals surface area contributed by atoms with Crippen LogP contribution in [0, 0.1) is 0 Å². The molecule has 0 atom stereocenters. The highest BCUT2D eigenvalue weighted by atomic mass is 35.5. The van der Waals surface area contributed by atoms with Crippen molar-refractivity contribution in [3.05, 3.63) is 63.6 Å². The number of hydrogen-bond donors (Lipinski definition) is 3. The number of phenols is 1. The van der Waals surface area contributed by atoms with E-state index < -0.39 is 0 Å². The zero-order chi connectivity index (χ0) is 19.9. The van der Waals surface area contributed by atoms with Gasteiger partial charge >= 0.3 is 16.6 Å². The minimum Gasteiger partial charge on any atom is -0.506 e. The van der Waals surface area contributed by atoms with Crippen LogP contribution in [0.25, 0.3) is 0 Å². The van der Waals surface area contributed by atoms with Gasteiger partial charge < -0.3 is 20.4 Å². The molecular formula is C18H25AlCl2N2O3. The molecule has 2 rings (SSSR count). The van der Waals surface area contributed by atoms with Gasteiger partial charge in [0.1, 0.15) is 5.75 Å². The molecule has 142 valence electrons. The summed E-state index contributed by atoms with van der Waals surface area (Å²) in [7, 11) is 0. The van der Waals surface area contributed by atoms with E-state index in [-0.39, 0.29) is 22.5 Å². The summed E-state index contributed by atoms with van der Waals surface area (Å²) >= 11 is 11.9. The topological polar surface area (TPSA) is 98.6 Å². The highest BCUT2D eigenvalue weighted by molar-refractivity contribution is 6.36. The molecule has 0 unspecified atom stereocenters. The fourth-order valence-corrected chi connectivity index (χ4v) is 2.59. The van der Waals surface area contributed by atoms with Crippen molar-refractivity contribution in [3.8, 4) is 5.75 Å². The van der Waals surface area contributed by atoms with Crippen LogP contribution >= 0.6 is 23.2 Å². The summed E-state index contributed by atoms with van der Waals surface area (Å²) in [6.45, 7) is 2.83. The molecule has 0 bridgehead atoms. The quantitative estimate of drug-likeness (QED) is 0.396. The standard InChI is InChI=1S/C7H4Cl2O2.C7H7O.C4H12N2.Al.2H/c8-5-1-4(3-10)7(11)6(9)2-5;8-6-7-4-2-1-3-5-7;1-2-3-4(5)6;;;/h1-3,11H;1-5H,6H2;4H,2-3,5-6H2,1H3;;;/q;-1;;+1;;. The molecule has 0 saturated heterocycles. The Labute approximate surface area is 173 Å². The van der Waals surface area contributed by atoms with Gasteiger partial charge in [-0.15, -0.1) is 0 Å². The molecule has 5 nitrogen and oxygen atoms in total. The zero-order valence-corrected chi connectivity index (χ0v) is 18.5. The highest BCUT2D eigenvalue weighted by Crippen LogP contribution is 2.29. The molecule has 0 aromatic heterocycles. The van der Waals surface area contributed by atoms with E-state index in [0.29, 0.717) is 11.3 Å². The third-order valence-electron chi connectivity index (χ3n) is 2.96. The molecule has 0 aliphatic rings. The molecule has 0 radical (unpaired) electrons. The van der Waals surface area contributed by atoms with Gasteiger partial charge in [-0.05, 0) is 24.1 Å². The second-order valence-corrected chi connectivity index (χ2v) is 6.74. The number of halogens is 2. The maximum atomic E-state index is 10.3. The van der Waals surface area contributed by atoms with Crippen molar-refractivity contribution in [2.45, 2.75) is 32.5 Å². The molecule has 2 aromatic rings. The van der Waals surface area contributed by atoms with Crippen LogP contribution in [0.15, 0.2) is 42.5 Å². The first-order chi connectivity index (χ1) is 12.3. The normalized spacial score (nSPS) is 9.62. The third kappa shape index (κ3) is 11.5. The van der Waals surface area contributed by atoms with Gasteiger partial charge in [0, 0.05) is 11.6 Å². The second kappa shape index (κ2) is 15.0. The van der Waals surface area contributed by atoms with Crippen LogP contribution in [0.1, 0.15) is 35.7 Å². The van der Waals surface area contributed by atoms with Crippen molar-refractivity contribution in [1.29, 1.82) is 0 Å². The lowest BCUT2D eigenvalue weighted by Gasteiger charge is -1.99. The van der Waals surface area contributed by atoms with Crippen LogP contribution in [-0.4, -0.2) is 34.2 Å². The summed E-state index contributed by atoms with van der Waals surface area (Å²) in [4.78, 5) is 10.3. The highest BCUT2D eigenvalue weighted by Gasteiger charge is 2.05. The summed E-state index contributed by atoms with van der Waals surface area (Å²) in [5.41, 5.74) is 11.7. The van der Waals surface area contributed by atoms with Gasteiger partial charge in [0.25, 0.3) is 0 Å². The Morgan fingerprint density at radius 1 is 1.23 bits per heavy atom. The number of phenolic OH excluding ortho intramolecular Hbond substituents is 1. The van der Waals surface area contributed by atoms with Crippen LogP contribution in [0.4, 0.5) is 0 Å². The monoisotopic (exact) mass is 414 g/mol. The summed E-state index contributed by atoms with van der Waals surface area (Å²) in [5.74, 6) is -0.230. The lowest BCUT2D eigenvalue weighted by Crippen LogP contribution is -2.29. The molecule has 0 saturated carbocycles. The molecule has 0 fully saturated rings. The lowest BCUT2D eigenvalue weighted by atomic mass is 10.2. The smallest absolute Gasteiger partial charge is 0.410 e. The first-order valence-corrected chi connectivity index (χ1v) is 9.60. The van der Waals surface area contributed by atoms with E-state index in [1.807, 2.05) is 18.2 Å². The molecule has 0 heterocycles. The number of aldehydes is 1. The number of benzene rings is 2. The van der Waals surface area contributed by atoms with Crippen LogP contribution in [0.5, 0.6) is 5.75 Å². The first kappa shape index (κ1) is 24.9. The molecule has 2 aromatic carbocycles. The van der Waals surface area contributed by atoms with E-state index in [0.717, 1.165) is 36.1 Å². The molecule has 8 heteroatoms. The van der Waals surface area contributed by atoms with Gasteiger partial charge in [-0.25, -0.2) is 0 Å². The summed E-state index contributed by atoms with van der Waals surface area (Å²) in [6, 6.07) is 12.9. The Bertz CT molecular complexity index is 644. The predicted molar refractivity (Wildman–Crippen MR) is 110 cm³/mol. The molecule has 0 spiro atoms. The van der Waals surface area contributed by atoms with Crippen molar-refractivity contribution in [3.63, 3.8) is 0 Å². The summed E-state index contributed by atoms with van der Waals surface area (Å²) in [6.07, 6.45) is 2.40. The Morgan fingerprint density at radius 2 is 1.85 bits per heavy atom. The Morgan fingerprint density at radius 3 is 2.27 bits per heavy atom. The van der Waals surface area contributed by atoms with E-state index >= 15 is 0 Å². The summed E-state index contributed by atoms with van der Waals surface area (Å²) < 4.78 is 5.07. The van der Waals surface area contributed by atoms with Gasteiger partial charge in [-0.1, -0.05) is 66.9 Å². The maximum absolute atomic E-state index is 10.3. The van der Waals surface area contributed by atoms with E-state index in [1.54, 1.807) is 0 Å². The second-order valence-electron chi connectivity index (χ2n) is 5.31. The summed E-state index contributed by atoms with van der Waals surface area (Å²) in [5, 5.41) is 9.51. The van der Waals surface area contributed by atoms with Gasteiger partial charge in [-0.3, -0.25) is 4.79 Å². The van der Waals surface area contributed by atoms with Crippen LogP contribution in [-0.2, 0) is 10.4 Å². The van der Waals surface area contributed by atoms with Gasteiger partial charge in [-0.2, -0.15) is 0 Å². The molecule has 0 aliphatic carbocycles. The number of aromatic hydroxyl groups is 1. The molecule has 0 aliphatic heterocycles. The fraction of sp³-hybridized carbons (Fsp3) is 0.278. The van der Waals surface area contributed by atoms with Crippen molar-refractivity contribution in [1.82, 2.24) is 0 Å². The van der Waals surface area contributed by atoms with Gasteiger partial charge in [0.15, 0.2) is 6.29 Å². The van der Waals surface area contributed by atoms with Crippen molar-refractivity contribution in [2.24, 2.45) is 11.5 Å². The van der Waals surface area contributed by atoms with E-state index in [1.165, 1.54) is 17.7 Å². The molecule has 26 heavy (non-hydrogen) atoms. The maximum Gasteiger partial charge on any atom is 0.410 e. The molecular weight excluding hydrogens is 390 g/mol. The minimum atomic E-state index is -0.230. The minimum absolute atomic E-state index is 0.0830. The zero-order valence-electron chi connectivity index (χ0n) is 15.0. The Kier molecular flexibility index (Phi) is 14.4. The average Bonchev–Trinajstić information content (AvgIpc) is 2.60. The Hall–Kier alpha value is -1.10. The lowest BCUT2D eigenvalue weighted by molar-refractivity contribution is 0.112. The van der Waals surface area contributed by atoms with Crippen LogP contribution in [0.3, 0.4) is 0 Å². The molecule has 5 N–H and O–H groups in total. The van der Waals surface area contributed by atoms with E-state index in [4.69, 9.17) is 43.6 Å². The van der Waals surface area contributed by atoms with Crippen LogP contribution < -0.4 is 11.5 Å². The third-order valence-corrected chi connectivity index (χ3v) is 3.76. The number of nitrogens with two attached hydrogens (primary N) is 2. The number of carbonyl (C=O) groups excluding carboxylic acids is 1. The molecule has 0 amide bonds. The van der Waals surface area contributed by atoms with Crippen LogP contribution in [0.2, 0.25) is 10.0 Å². The van der Waals surface area contributed by atoms with Gasteiger partial charge in [0.2, 0.25) is 0 Å². The predicted octanol–water partition coefficient (Wildman–Crippen LogP) is 3.29. The number of carbonyl (C=O) groups is 1. The first-order valence-electron chi connectivity index (χ1n) is 8.02. The van der Waals surface area contributed by atoms with E-state index in [2.05, 4.69) is 19.1 Å². The van der Waals surface area contributed by atoms with Gasteiger partial charge in [0.05, 0.1) is 16.8 Å². The SMILES string of the molecule is CCCC(N)N.O=Cc1cc(Cl)cc(Cl)c1O.[AlH2][O]Cc1ccccc1. The Balaban J connectivity index is 0.000000378. The average molecular weight is 415 g/mol. The van der Waals surface area contributed by atoms with Crippen molar-refractivity contribution < 1.29 is 13.7 Å². The number of rotatable bonds is 5. The largest absolute Gasteiger partial charge is 0.506 e. The van der Waals surface area contributed by atoms with Crippen molar-refractivity contribution >= 4 is 46.1 Å².